The molecule has 0 aliphatic rings. The van der Waals surface area contributed by atoms with E-state index in [-0.39, 0.29) is 28.9 Å². The van der Waals surface area contributed by atoms with Crippen molar-refractivity contribution in [1.29, 1.82) is 0 Å². The number of ketones is 1. The summed E-state index contributed by atoms with van der Waals surface area (Å²) in [5.74, 6) is -1.09. The summed E-state index contributed by atoms with van der Waals surface area (Å²) >= 11 is 0. The Morgan fingerprint density at radius 1 is 1.09 bits per heavy atom. The van der Waals surface area contributed by atoms with Gasteiger partial charge in [-0.1, -0.05) is 18.2 Å². The Bertz CT molecular complexity index is 698. The molecule has 1 unspecified atom stereocenters. The number of carbonyl (C=O) groups is 2. The zero-order valence-electron chi connectivity index (χ0n) is 13.0. The normalized spacial score (nSPS) is 11.8. The molecule has 1 atom stereocenters. The summed E-state index contributed by atoms with van der Waals surface area (Å²) in [6.07, 6.45) is 0. The molecule has 0 heterocycles. The fourth-order valence-electron chi connectivity index (χ4n) is 2.23. The number of carbonyl (C=O) groups excluding carboxylic acids is 2. The van der Waals surface area contributed by atoms with Gasteiger partial charge in [0.2, 0.25) is 0 Å². The molecular formula is C18H18FNO3. The third-order valence-corrected chi connectivity index (χ3v) is 3.32. The Labute approximate surface area is 134 Å². The van der Waals surface area contributed by atoms with Crippen LogP contribution in [0.1, 0.15) is 33.2 Å². The third-order valence-electron chi connectivity index (χ3n) is 3.32. The lowest BCUT2D eigenvalue weighted by Crippen LogP contribution is -2.36. The van der Waals surface area contributed by atoms with Crippen LogP contribution in [0.3, 0.4) is 0 Å². The van der Waals surface area contributed by atoms with E-state index >= 15 is 0 Å². The summed E-state index contributed by atoms with van der Waals surface area (Å²) < 4.78 is 18.0. The summed E-state index contributed by atoms with van der Waals surface area (Å²) in [6.45, 7) is 2.19. The topological polar surface area (TPSA) is 55.4 Å². The van der Waals surface area contributed by atoms with Gasteiger partial charge in [0.05, 0.1) is 12.2 Å². The molecule has 0 aliphatic carbocycles. The molecule has 0 radical (unpaired) electrons. The molecule has 4 nitrogen and oxygen atoms in total. The molecule has 1 N–H and O–H groups in total. The Kier molecular flexibility index (Phi) is 5.60. The van der Waals surface area contributed by atoms with Gasteiger partial charge in [0, 0.05) is 24.3 Å². The molecule has 2 rings (SSSR count). The van der Waals surface area contributed by atoms with Gasteiger partial charge in [0.25, 0.3) is 5.91 Å². The molecule has 120 valence electrons. The zero-order valence-corrected chi connectivity index (χ0v) is 13.0. The van der Waals surface area contributed by atoms with Crippen LogP contribution in [0.15, 0.2) is 48.5 Å². The molecule has 0 bridgehead atoms. The smallest absolute Gasteiger partial charge is 0.252 e. The predicted octanol–water partition coefficient (Wildman–Crippen LogP) is 2.82. The fourth-order valence-corrected chi connectivity index (χ4v) is 2.23. The monoisotopic (exact) mass is 315 g/mol. The fraction of sp³-hybridized carbons (Fsp3) is 0.222. The summed E-state index contributed by atoms with van der Waals surface area (Å²) in [7, 11) is 1.55. The van der Waals surface area contributed by atoms with Crippen molar-refractivity contribution < 1.29 is 18.7 Å². The lowest BCUT2D eigenvalue weighted by molar-refractivity contribution is 0.0898. The highest BCUT2D eigenvalue weighted by atomic mass is 19.1. The first-order valence-corrected chi connectivity index (χ1v) is 7.22. The molecule has 0 aliphatic heterocycles. The van der Waals surface area contributed by atoms with Gasteiger partial charge in [-0.2, -0.15) is 0 Å². The second kappa shape index (κ2) is 7.65. The number of hydrogen-bond donors (Lipinski definition) is 1. The molecule has 0 saturated carbocycles. The molecule has 2 aromatic rings. The quantitative estimate of drug-likeness (QED) is 0.834. The van der Waals surface area contributed by atoms with E-state index in [0.29, 0.717) is 12.2 Å². The standard InChI is InChI=1S/C18H18FNO3/c1-12(11-23-2)20-18(22)16-6-4-3-5-15(16)17(21)13-7-9-14(19)10-8-13/h3-10,12H,11H2,1-2H3,(H,20,22). The number of halogens is 1. The lowest BCUT2D eigenvalue weighted by atomic mass is 9.97. The lowest BCUT2D eigenvalue weighted by Gasteiger charge is -2.14. The van der Waals surface area contributed by atoms with Gasteiger partial charge in [0.15, 0.2) is 5.78 Å². The van der Waals surface area contributed by atoms with Gasteiger partial charge in [-0.3, -0.25) is 9.59 Å². The average molecular weight is 315 g/mol. The van der Waals surface area contributed by atoms with Crippen molar-refractivity contribution >= 4 is 11.7 Å². The van der Waals surface area contributed by atoms with Gasteiger partial charge in [-0.25, -0.2) is 4.39 Å². The molecule has 0 saturated heterocycles. The Hall–Kier alpha value is -2.53. The van der Waals surface area contributed by atoms with Crippen LogP contribution < -0.4 is 5.32 Å². The minimum atomic E-state index is -0.416. The van der Waals surface area contributed by atoms with Crippen LogP contribution in [0.5, 0.6) is 0 Å². The van der Waals surface area contributed by atoms with E-state index in [4.69, 9.17) is 4.74 Å². The van der Waals surface area contributed by atoms with E-state index in [1.165, 1.54) is 24.3 Å². The van der Waals surface area contributed by atoms with Crippen molar-refractivity contribution in [3.63, 3.8) is 0 Å². The number of hydrogen-bond acceptors (Lipinski definition) is 3. The van der Waals surface area contributed by atoms with E-state index in [1.807, 2.05) is 6.92 Å². The zero-order chi connectivity index (χ0) is 16.8. The van der Waals surface area contributed by atoms with Gasteiger partial charge >= 0.3 is 0 Å². The predicted molar refractivity (Wildman–Crippen MR) is 85.1 cm³/mol. The molecule has 23 heavy (non-hydrogen) atoms. The number of ether oxygens (including phenoxy) is 1. The second-order valence-electron chi connectivity index (χ2n) is 5.21. The number of amides is 1. The van der Waals surface area contributed by atoms with E-state index < -0.39 is 5.82 Å². The largest absolute Gasteiger partial charge is 0.383 e. The molecule has 1 amide bonds. The van der Waals surface area contributed by atoms with Crippen molar-refractivity contribution in [1.82, 2.24) is 5.32 Å². The number of methoxy groups -OCH3 is 1. The van der Waals surface area contributed by atoms with E-state index in [9.17, 15) is 14.0 Å². The Morgan fingerprint density at radius 2 is 1.70 bits per heavy atom. The highest BCUT2D eigenvalue weighted by Crippen LogP contribution is 2.15. The van der Waals surface area contributed by atoms with E-state index in [0.717, 1.165) is 0 Å². The maximum atomic E-state index is 13.0. The van der Waals surface area contributed by atoms with Crippen molar-refractivity contribution in [2.45, 2.75) is 13.0 Å². The van der Waals surface area contributed by atoms with E-state index in [1.54, 1.807) is 31.4 Å². The summed E-state index contributed by atoms with van der Waals surface area (Å²) in [5.41, 5.74) is 0.891. The van der Waals surface area contributed by atoms with Gasteiger partial charge < -0.3 is 10.1 Å². The number of nitrogens with one attached hydrogen (secondary N) is 1. The maximum Gasteiger partial charge on any atom is 0.252 e. The summed E-state index contributed by atoms with van der Waals surface area (Å²) in [5, 5.41) is 2.78. The first kappa shape index (κ1) is 16.8. The molecule has 2 aromatic carbocycles. The second-order valence-corrected chi connectivity index (χ2v) is 5.21. The number of benzene rings is 2. The summed E-state index contributed by atoms with van der Waals surface area (Å²) in [4.78, 5) is 24.9. The first-order valence-electron chi connectivity index (χ1n) is 7.22. The molecule has 0 aromatic heterocycles. The van der Waals surface area contributed by atoms with Gasteiger partial charge in [-0.15, -0.1) is 0 Å². The Balaban J connectivity index is 2.28. The molecule has 0 fully saturated rings. The average Bonchev–Trinajstić information content (AvgIpc) is 2.55. The van der Waals surface area contributed by atoms with Crippen molar-refractivity contribution in [3.8, 4) is 0 Å². The molecule has 5 heteroatoms. The van der Waals surface area contributed by atoms with Crippen LogP contribution in [-0.2, 0) is 4.74 Å². The van der Waals surface area contributed by atoms with E-state index in [2.05, 4.69) is 5.32 Å². The SMILES string of the molecule is COCC(C)NC(=O)c1ccccc1C(=O)c1ccc(F)cc1. The molecule has 0 spiro atoms. The van der Waals surface area contributed by atoms with Crippen LogP contribution >= 0.6 is 0 Å². The van der Waals surface area contributed by atoms with Crippen molar-refractivity contribution in [3.05, 3.63) is 71.0 Å². The van der Waals surface area contributed by atoms with Crippen LogP contribution in [0.2, 0.25) is 0 Å². The van der Waals surface area contributed by atoms with Crippen LogP contribution in [0, 0.1) is 5.82 Å². The maximum absolute atomic E-state index is 13.0. The highest BCUT2D eigenvalue weighted by molar-refractivity contribution is 6.15. The van der Waals surface area contributed by atoms with Crippen LogP contribution in [0.25, 0.3) is 0 Å². The number of rotatable bonds is 6. The van der Waals surface area contributed by atoms with Gasteiger partial charge in [0.1, 0.15) is 5.82 Å². The Morgan fingerprint density at radius 3 is 2.30 bits per heavy atom. The minimum absolute atomic E-state index is 0.179. The van der Waals surface area contributed by atoms with Gasteiger partial charge in [-0.05, 0) is 37.3 Å². The summed E-state index contributed by atoms with van der Waals surface area (Å²) in [6, 6.07) is 11.6. The van der Waals surface area contributed by atoms with Crippen LogP contribution in [-0.4, -0.2) is 31.4 Å². The molecular weight excluding hydrogens is 297 g/mol. The van der Waals surface area contributed by atoms with Crippen LogP contribution in [0.4, 0.5) is 4.39 Å². The highest BCUT2D eigenvalue weighted by Gasteiger charge is 2.19. The van der Waals surface area contributed by atoms with Crippen molar-refractivity contribution in [2.24, 2.45) is 0 Å². The van der Waals surface area contributed by atoms with Crippen molar-refractivity contribution in [2.75, 3.05) is 13.7 Å². The first-order chi connectivity index (χ1) is 11.0. The third kappa shape index (κ3) is 4.23. The minimum Gasteiger partial charge on any atom is -0.383 e.